The predicted molar refractivity (Wildman–Crippen MR) is 78.2 cm³/mol. The van der Waals surface area contributed by atoms with Crippen molar-refractivity contribution < 1.29 is 14.6 Å². The monoisotopic (exact) mass is 276 g/mol. The molecule has 1 saturated carbocycles. The van der Waals surface area contributed by atoms with E-state index in [0.29, 0.717) is 0 Å². The van der Waals surface area contributed by atoms with Gasteiger partial charge in [0.25, 0.3) is 0 Å². The molecule has 20 heavy (non-hydrogen) atoms. The number of aliphatic hydroxyl groups excluding tert-OH is 1. The van der Waals surface area contributed by atoms with Crippen molar-refractivity contribution in [2.75, 3.05) is 7.11 Å². The van der Waals surface area contributed by atoms with Crippen LogP contribution in [0.1, 0.15) is 57.1 Å². The van der Waals surface area contributed by atoms with Gasteiger partial charge >= 0.3 is 0 Å². The quantitative estimate of drug-likeness (QED) is 0.891. The topological polar surface area (TPSA) is 38.7 Å². The maximum atomic E-state index is 10.5. The maximum Gasteiger partial charge on any atom is 0.129 e. The van der Waals surface area contributed by atoms with Gasteiger partial charge in [-0.1, -0.05) is 19.8 Å². The Balaban J connectivity index is 1.90. The summed E-state index contributed by atoms with van der Waals surface area (Å²) in [6, 6.07) is 5.72. The molecule has 0 bridgehead atoms. The van der Waals surface area contributed by atoms with Gasteiger partial charge in [0.2, 0.25) is 0 Å². The van der Waals surface area contributed by atoms with Gasteiger partial charge in [-0.3, -0.25) is 0 Å². The Hall–Kier alpha value is -1.22. The third-order valence-electron chi connectivity index (χ3n) is 4.95. The van der Waals surface area contributed by atoms with Gasteiger partial charge in [0.15, 0.2) is 0 Å². The Labute approximate surface area is 120 Å². The number of aliphatic hydroxyl groups is 1. The van der Waals surface area contributed by atoms with Crippen LogP contribution in [0.2, 0.25) is 0 Å². The predicted octanol–water partition coefficient (Wildman–Crippen LogP) is 3.85. The highest BCUT2D eigenvalue weighted by Crippen LogP contribution is 2.48. The van der Waals surface area contributed by atoms with E-state index in [1.807, 2.05) is 18.2 Å². The minimum absolute atomic E-state index is 0.169. The lowest BCUT2D eigenvalue weighted by atomic mass is 9.72. The lowest BCUT2D eigenvalue weighted by molar-refractivity contribution is -0.0522. The zero-order chi connectivity index (χ0) is 14.2. The second kappa shape index (κ2) is 5.28. The van der Waals surface area contributed by atoms with Gasteiger partial charge in [0.1, 0.15) is 17.1 Å². The number of methoxy groups -OCH3 is 1. The van der Waals surface area contributed by atoms with E-state index in [0.717, 1.165) is 42.2 Å². The van der Waals surface area contributed by atoms with Crippen molar-refractivity contribution >= 4 is 0 Å². The summed E-state index contributed by atoms with van der Waals surface area (Å²) < 4.78 is 11.6. The van der Waals surface area contributed by atoms with E-state index in [2.05, 4.69) is 6.92 Å². The van der Waals surface area contributed by atoms with E-state index in [-0.39, 0.29) is 5.60 Å². The molecule has 3 heteroatoms. The molecule has 0 amide bonds. The molecule has 1 spiro atoms. The van der Waals surface area contributed by atoms with Gasteiger partial charge in [0.05, 0.1) is 13.2 Å². The summed E-state index contributed by atoms with van der Waals surface area (Å²) in [6.45, 7) is 2.25. The van der Waals surface area contributed by atoms with Gasteiger partial charge in [-0.05, 0) is 37.3 Å². The Kier molecular flexibility index (Phi) is 3.63. The molecule has 1 fully saturated rings. The van der Waals surface area contributed by atoms with Crippen LogP contribution in [0.4, 0.5) is 0 Å². The van der Waals surface area contributed by atoms with Crippen molar-refractivity contribution in [3.05, 3.63) is 23.8 Å². The standard InChI is InChI=1S/C17H24O3/c1-3-12-5-4-8-17(10-12)11-15(18)14-7-6-13(19-2)9-16(14)20-17/h6-7,9,12,15,18H,3-5,8,10-11H2,1-2H3/t12?,15-,17?/m1/s1. The van der Waals surface area contributed by atoms with Gasteiger partial charge in [-0.25, -0.2) is 0 Å². The Bertz CT molecular complexity index is 485. The largest absolute Gasteiger partial charge is 0.497 e. The molecule has 0 aromatic heterocycles. The zero-order valence-corrected chi connectivity index (χ0v) is 12.4. The first kappa shape index (κ1) is 13.7. The van der Waals surface area contributed by atoms with Crippen molar-refractivity contribution in [2.45, 2.75) is 57.2 Å². The summed E-state index contributed by atoms with van der Waals surface area (Å²) in [4.78, 5) is 0. The molecule has 3 atom stereocenters. The van der Waals surface area contributed by atoms with E-state index in [1.165, 1.54) is 19.3 Å². The SMILES string of the molecule is CCC1CCCC2(C1)C[C@@H](O)c1ccc(OC)cc1O2. The molecule has 1 N–H and O–H groups in total. The van der Waals surface area contributed by atoms with E-state index in [1.54, 1.807) is 7.11 Å². The fourth-order valence-electron chi connectivity index (χ4n) is 3.81. The second-order valence-electron chi connectivity index (χ2n) is 6.28. The van der Waals surface area contributed by atoms with Gasteiger partial charge in [0, 0.05) is 18.1 Å². The molecule has 0 saturated heterocycles. The van der Waals surface area contributed by atoms with Gasteiger partial charge in [-0.15, -0.1) is 0 Å². The van der Waals surface area contributed by atoms with Gasteiger partial charge in [-0.2, -0.15) is 0 Å². The van der Waals surface area contributed by atoms with Crippen molar-refractivity contribution in [3.8, 4) is 11.5 Å². The average molecular weight is 276 g/mol. The highest BCUT2D eigenvalue weighted by molar-refractivity contribution is 5.44. The highest BCUT2D eigenvalue weighted by Gasteiger charge is 2.43. The van der Waals surface area contributed by atoms with Crippen LogP contribution in [0, 0.1) is 5.92 Å². The van der Waals surface area contributed by atoms with Crippen molar-refractivity contribution in [3.63, 3.8) is 0 Å². The van der Waals surface area contributed by atoms with Crippen LogP contribution in [0.15, 0.2) is 18.2 Å². The molecule has 1 aliphatic heterocycles. The second-order valence-corrected chi connectivity index (χ2v) is 6.28. The first-order chi connectivity index (χ1) is 9.65. The number of benzene rings is 1. The average Bonchev–Trinajstić information content (AvgIpc) is 2.46. The van der Waals surface area contributed by atoms with Crippen LogP contribution < -0.4 is 9.47 Å². The molecule has 1 heterocycles. The Morgan fingerprint density at radius 1 is 1.40 bits per heavy atom. The third-order valence-corrected chi connectivity index (χ3v) is 4.95. The fourth-order valence-corrected chi connectivity index (χ4v) is 3.81. The van der Waals surface area contributed by atoms with Crippen molar-refractivity contribution in [1.82, 2.24) is 0 Å². The minimum atomic E-state index is -0.416. The summed E-state index contributed by atoms with van der Waals surface area (Å²) in [5, 5.41) is 10.5. The van der Waals surface area contributed by atoms with Crippen molar-refractivity contribution in [1.29, 1.82) is 0 Å². The van der Waals surface area contributed by atoms with Crippen LogP contribution in [0.25, 0.3) is 0 Å². The summed E-state index contributed by atoms with van der Waals surface area (Å²) in [7, 11) is 1.66. The molecular formula is C17H24O3. The van der Waals surface area contributed by atoms with Crippen LogP contribution in [0.3, 0.4) is 0 Å². The number of rotatable bonds is 2. The molecule has 2 unspecified atom stereocenters. The molecular weight excluding hydrogens is 252 g/mol. The molecule has 110 valence electrons. The van der Waals surface area contributed by atoms with Crippen LogP contribution >= 0.6 is 0 Å². The first-order valence-corrected chi connectivity index (χ1v) is 7.71. The number of hydrogen-bond donors (Lipinski definition) is 1. The molecule has 1 aromatic rings. The van der Waals surface area contributed by atoms with Crippen LogP contribution in [0.5, 0.6) is 11.5 Å². The Morgan fingerprint density at radius 2 is 2.25 bits per heavy atom. The molecule has 2 aliphatic rings. The van der Waals surface area contributed by atoms with Crippen LogP contribution in [-0.2, 0) is 0 Å². The lowest BCUT2D eigenvalue weighted by Crippen LogP contribution is -2.45. The summed E-state index contributed by atoms with van der Waals surface area (Å²) in [6.07, 6.45) is 6.12. The summed E-state index contributed by atoms with van der Waals surface area (Å²) >= 11 is 0. The normalized spacial score (nSPS) is 32.5. The van der Waals surface area contributed by atoms with Crippen molar-refractivity contribution in [2.24, 2.45) is 5.92 Å². The number of ether oxygens (including phenoxy) is 2. The third kappa shape index (κ3) is 2.39. The highest BCUT2D eigenvalue weighted by atomic mass is 16.5. The molecule has 1 aromatic carbocycles. The smallest absolute Gasteiger partial charge is 0.129 e. The molecule has 3 nitrogen and oxygen atoms in total. The van der Waals surface area contributed by atoms with E-state index >= 15 is 0 Å². The number of hydrogen-bond acceptors (Lipinski definition) is 3. The first-order valence-electron chi connectivity index (χ1n) is 7.71. The van der Waals surface area contributed by atoms with E-state index in [9.17, 15) is 5.11 Å². The summed E-state index contributed by atoms with van der Waals surface area (Å²) in [5.41, 5.74) is 0.729. The maximum absolute atomic E-state index is 10.5. The fraction of sp³-hybridized carbons (Fsp3) is 0.647. The summed E-state index contributed by atoms with van der Waals surface area (Å²) in [5.74, 6) is 2.32. The van der Waals surface area contributed by atoms with E-state index in [4.69, 9.17) is 9.47 Å². The van der Waals surface area contributed by atoms with E-state index < -0.39 is 6.10 Å². The van der Waals surface area contributed by atoms with Gasteiger partial charge < -0.3 is 14.6 Å². The zero-order valence-electron chi connectivity index (χ0n) is 12.4. The molecule has 1 aliphatic carbocycles. The Morgan fingerprint density at radius 3 is 3.00 bits per heavy atom. The minimum Gasteiger partial charge on any atom is -0.497 e. The molecule has 0 radical (unpaired) electrons. The molecule has 3 rings (SSSR count). The van der Waals surface area contributed by atoms with Crippen LogP contribution in [-0.4, -0.2) is 17.8 Å². The number of fused-ring (bicyclic) bond motifs is 1. The lowest BCUT2D eigenvalue weighted by Gasteiger charge is -2.45.